The predicted molar refractivity (Wildman–Crippen MR) is 151 cm³/mol. The lowest BCUT2D eigenvalue weighted by atomic mass is 9.81. The van der Waals surface area contributed by atoms with Gasteiger partial charge in [0.2, 0.25) is 0 Å². The molecule has 2 aliphatic heterocycles. The Bertz CT molecular complexity index is 1350. The Morgan fingerprint density at radius 3 is 2.82 bits per heavy atom. The molecule has 1 fully saturated rings. The topological polar surface area (TPSA) is 139 Å². The third-order valence-electron chi connectivity index (χ3n) is 6.80. The van der Waals surface area contributed by atoms with Crippen LogP contribution in [-0.4, -0.2) is 76.0 Å². The number of fused-ring (bicyclic) bond motifs is 2. The van der Waals surface area contributed by atoms with Gasteiger partial charge in [0.1, 0.15) is 5.69 Å². The first-order chi connectivity index (χ1) is 17.2. The number of thiazole rings is 1. The van der Waals surface area contributed by atoms with E-state index in [1.807, 2.05) is 7.05 Å². The number of likely N-dealkylation sites (N-methyl/N-ethyl adjacent to an activating group) is 1. The van der Waals surface area contributed by atoms with Crippen molar-refractivity contribution in [3.05, 3.63) is 50.6 Å². The largest absolute Gasteiger partial charge is 0.481 e. The van der Waals surface area contributed by atoms with Crippen LogP contribution in [0, 0.1) is 0 Å². The molecule has 38 heavy (non-hydrogen) atoms. The number of benzene rings is 1. The number of aromatic nitrogens is 2. The number of halogens is 3. The van der Waals surface area contributed by atoms with Crippen LogP contribution in [0.1, 0.15) is 43.7 Å². The van der Waals surface area contributed by atoms with E-state index in [9.17, 15) is 19.5 Å². The molecule has 5 rings (SSSR count). The highest BCUT2D eigenvalue weighted by atomic mass is 35.5. The van der Waals surface area contributed by atoms with Gasteiger partial charge in [-0.2, -0.15) is 0 Å². The molecule has 0 bridgehead atoms. The van der Waals surface area contributed by atoms with Crippen LogP contribution < -0.4 is 16.0 Å². The van der Waals surface area contributed by atoms with Crippen LogP contribution >= 0.6 is 47.8 Å². The molecule has 2 amide bonds. The molecule has 0 aliphatic carbocycles. The molecule has 0 unspecified atom stereocenters. The summed E-state index contributed by atoms with van der Waals surface area (Å²) >= 11 is 7.40. The first kappa shape index (κ1) is 30.1. The van der Waals surface area contributed by atoms with Crippen LogP contribution in [0.25, 0.3) is 10.9 Å². The van der Waals surface area contributed by atoms with Gasteiger partial charge < -0.3 is 30.9 Å². The van der Waals surface area contributed by atoms with Crippen LogP contribution in [0.3, 0.4) is 0 Å². The number of carbonyl (C=O) groups excluding carboxylic acids is 2. The summed E-state index contributed by atoms with van der Waals surface area (Å²) in [6, 6.07) is 6.37. The van der Waals surface area contributed by atoms with Gasteiger partial charge in [0, 0.05) is 46.9 Å². The summed E-state index contributed by atoms with van der Waals surface area (Å²) < 4.78 is 0. The fourth-order valence-corrected chi connectivity index (χ4v) is 6.22. The molecule has 2 atom stereocenters. The van der Waals surface area contributed by atoms with Gasteiger partial charge >= 0.3 is 5.97 Å². The molecule has 0 spiro atoms. The van der Waals surface area contributed by atoms with Crippen molar-refractivity contribution < 1.29 is 19.5 Å². The molecule has 2 aromatic heterocycles. The van der Waals surface area contributed by atoms with E-state index < -0.39 is 23.5 Å². The van der Waals surface area contributed by atoms with Crippen LogP contribution in [0.4, 0.5) is 0 Å². The van der Waals surface area contributed by atoms with Gasteiger partial charge in [0.25, 0.3) is 11.8 Å². The molecule has 1 aromatic carbocycles. The van der Waals surface area contributed by atoms with E-state index in [1.165, 1.54) is 11.3 Å². The number of nitrogens with one attached hydrogen (secondary N) is 4. The number of rotatable bonds is 6. The van der Waals surface area contributed by atoms with Gasteiger partial charge in [-0.3, -0.25) is 14.4 Å². The lowest BCUT2D eigenvalue weighted by molar-refractivity contribution is -0.139. The highest BCUT2D eigenvalue weighted by Crippen LogP contribution is 2.27. The van der Waals surface area contributed by atoms with Crippen molar-refractivity contribution in [2.24, 2.45) is 0 Å². The minimum Gasteiger partial charge on any atom is -0.481 e. The molecule has 0 saturated carbocycles. The lowest BCUT2D eigenvalue weighted by Gasteiger charge is -2.44. The van der Waals surface area contributed by atoms with Crippen molar-refractivity contribution in [1.29, 1.82) is 0 Å². The van der Waals surface area contributed by atoms with Crippen molar-refractivity contribution in [2.45, 2.75) is 37.4 Å². The lowest BCUT2D eigenvalue weighted by Crippen LogP contribution is -2.70. The maximum Gasteiger partial charge on any atom is 0.305 e. The van der Waals surface area contributed by atoms with Crippen molar-refractivity contribution in [1.82, 2.24) is 30.8 Å². The maximum absolute atomic E-state index is 13.3. The molecule has 0 radical (unpaired) electrons. The third kappa shape index (κ3) is 6.24. The molecule has 10 nitrogen and oxygen atoms in total. The molecule has 206 valence electrons. The van der Waals surface area contributed by atoms with Crippen LogP contribution in [0.2, 0.25) is 5.02 Å². The number of nitrogens with zero attached hydrogens (tertiary/aromatic N) is 2. The number of H-pyrrole nitrogens is 1. The summed E-state index contributed by atoms with van der Waals surface area (Å²) in [6.07, 6.45) is 0.864. The van der Waals surface area contributed by atoms with Crippen LogP contribution in [-0.2, 0) is 17.8 Å². The normalized spacial score (nSPS) is 21.1. The van der Waals surface area contributed by atoms with Crippen molar-refractivity contribution in [3.63, 3.8) is 0 Å². The first-order valence-corrected chi connectivity index (χ1v) is 12.9. The van der Waals surface area contributed by atoms with Crippen molar-refractivity contribution in [3.8, 4) is 0 Å². The summed E-state index contributed by atoms with van der Waals surface area (Å²) in [5.41, 5.74) is 0.784. The minimum absolute atomic E-state index is 0. The van der Waals surface area contributed by atoms with E-state index in [0.717, 1.165) is 41.0 Å². The number of hydrogen-bond donors (Lipinski definition) is 5. The molecule has 3 aromatic rings. The number of carboxylic acid groups (broad SMARTS) is 1. The average molecular weight is 604 g/mol. The summed E-state index contributed by atoms with van der Waals surface area (Å²) in [6.45, 7) is 2.38. The number of hydrogen-bond acceptors (Lipinski definition) is 7. The fourth-order valence-electron chi connectivity index (χ4n) is 4.96. The Morgan fingerprint density at radius 1 is 1.26 bits per heavy atom. The Morgan fingerprint density at radius 2 is 2.05 bits per heavy atom. The highest BCUT2D eigenvalue weighted by molar-refractivity contribution is 7.13. The van der Waals surface area contributed by atoms with E-state index in [4.69, 9.17) is 11.6 Å². The van der Waals surface area contributed by atoms with Crippen molar-refractivity contribution in [2.75, 3.05) is 26.7 Å². The van der Waals surface area contributed by atoms with Crippen LogP contribution in [0.5, 0.6) is 0 Å². The predicted octanol–water partition coefficient (Wildman–Crippen LogP) is 2.84. The third-order valence-corrected chi connectivity index (χ3v) is 8.11. The molecule has 2 aliphatic rings. The molecular weight excluding hydrogens is 575 g/mol. The highest BCUT2D eigenvalue weighted by Gasteiger charge is 2.45. The van der Waals surface area contributed by atoms with E-state index in [1.54, 1.807) is 24.3 Å². The number of carboxylic acids is 1. The zero-order valence-electron chi connectivity index (χ0n) is 20.5. The number of amides is 2. The SMILES string of the molecule is CN1CCc2nc(C(=O)N[C@]3(CC(=O)O)CNCC[C@@H]3NC(=O)c3cc4cc(Cl)ccc4[nH]3)sc2C1.Cl.Cl. The van der Waals surface area contributed by atoms with Crippen molar-refractivity contribution >= 4 is 76.4 Å². The fraction of sp³-hybridized carbons (Fsp3) is 0.417. The first-order valence-electron chi connectivity index (χ1n) is 11.7. The summed E-state index contributed by atoms with van der Waals surface area (Å²) in [5.74, 6) is -1.88. The second-order valence-electron chi connectivity index (χ2n) is 9.46. The van der Waals surface area contributed by atoms with Gasteiger partial charge in [0.15, 0.2) is 5.01 Å². The van der Waals surface area contributed by atoms with E-state index >= 15 is 0 Å². The zero-order valence-corrected chi connectivity index (χ0v) is 23.7. The number of piperidine rings is 1. The van der Waals surface area contributed by atoms with Gasteiger partial charge in [-0.15, -0.1) is 36.2 Å². The molecule has 5 N–H and O–H groups in total. The second-order valence-corrected chi connectivity index (χ2v) is 11.0. The summed E-state index contributed by atoms with van der Waals surface area (Å²) in [5, 5.41) is 20.5. The quantitative estimate of drug-likeness (QED) is 0.292. The number of aliphatic carboxylic acids is 1. The summed E-state index contributed by atoms with van der Waals surface area (Å²) in [4.78, 5) is 49.2. The number of carbonyl (C=O) groups is 3. The maximum atomic E-state index is 13.3. The average Bonchev–Trinajstić information content (AvgIpc) is 3.43. The van der Waals surface area contributed by atoms with E-state index in [2.05, 4.69) is 30.8 Å². The van der Waals surface area contributed by atoms with Gasteiger partial charge in [0.05, 0.1) is 23.7 Å². The molecular formula is C24H29Cl3N6O4S. The standard InChI is InChI=1S/C24H27ClN6O4S.2ClH/c1-31-7-5-16-18(11-31)36-23(28-16)22(35)30-24(10-20(32)33)12-26-6-4-19(24)29-21(34)17-9-13-8-14(25)2-3-15(13)27-17;;/h2-3,8-9,19,26-27H,4-7,10-12H2,1H3,(H,29,34)(H,30,35)(H,32,33);2*1H/t19-,24+;;/m0../s1. The Balaban J connectivity index is 0.00000200. The van der Waals surface area contributed by atoms with Crippen LogP contribution in [0.15, 0.2) is 24.3 Å². The molecule has 14 heteroatoms. The van der Waals surface area contributed by atoms with Gasteiger partial charge in [-0.1, -0.05) is 11.6 Å². The monoisotopic (exact) mass is 602 g/mol. The smallest absolute Gasteiger partial charge is 0.305 e. The van der Waals surface area contributed by atoms with Gasteiger partial charge in [-0.25, -0.2) is 4.98 Å². The van der Waals surface area contributed by atoms with Gasteiger partial charge in [-0.05, 0) is 44.3 Å². The summed E-state index contributed by atoms with van der Waals surface area (Å²) in [7, 11) is 2.02. The number of aromatic amines is 1. The molecule has 1 saturated heterocycles. The zero-order chi connectivity index (χ0) is 25.4. The van der Waals surface area contributed by atoms with E-state index in [0.29, 0.717) is 28.7 Å². The second kappa shape index (κ2) is 12.2. The Labute approximate surface area is 240 Å². The Hall–Kier alpha value is -2.41. The Kier molecular flexibility index (Phi) is 9.66. The molecule has 4 heterocycles. The minimum atomic E-state index is -1.23. The van der Waals surface area contributed by atoms with E-state index in [-0.39, 0.29) is 43.7 Å².